The lowest BCUT2D eigenvalue weighted by atomic mass is 10.0. The largest absolute Gasteiger partial charge is 0.379 e. The van der Waals surface area contributed by atoms with Crippen LogP contribution in [0.3, 0.4) is 0 Å². The highest BCUT2D eigenvalue weighted by atomic mass is 32.1. The van der Waals surface area contributed by atoms with Crippen LogP contribution in [0.25, 0.3) is 11.0 Å². The van der Waals surface area contributed by atoms with Crippen molar-refractivity contribution in [3.05, 3.63) is 34.2 Å². The number of carbonyl (C=O) groups is 2. The zero-order valence-electron chi connectivity index (χ0n) is 15.7. The van der Waals surface area contributed by atoms with Gasteiger partial charge in [0.05, 0.1) is 23.0 Å². The molecular formula is C18H22N6O2S2. The molecule has 0 fully saturated rings. The Morgan fingerprint density at radius 1 is 1.39 bits per heavy atom. The van der Waals surface area contributed by atoms with E-state index in [1.54, 1.807) is 17.4 Å². The molecule has 10 heteroatoms. The fourth-order valence-electron chi connectivity index (χ4n) is 3.15. The second kappa shape index (κ2) is 9.09. The van der Waals surface area contributed by atoms with E-state index < -0.39 is 0 Å². The molecule has 28 heavy (non-hydrogen) atoms. The zero-order valence-corrected chi connectivity index (χ0v) is 17.3. The Morgan fingerprint density at radius 2 is 2.21 bits per heavy atom. The van der Waals surface area contributed by atoms with Crippen molar-refractivity contribution in [3.63, 3.8) is 0 Å². The Balaban J connectivity index is 0.000000167. The molecule has 2 amide bonds. The highest BCUT2D eigenvalue weighted by Crippen LogP contribution is 2.36. The summed E-state index contributed by atoms with van der Waals surface area (Å²) in [6.45, 7) is 5.17. The first-order chi connectivity index (χ1) is 13.6. The Morgan fingerprint density at radius 3 is 2.89 bits per heavy atom. The van der Waals surface area contributed by atoms with Gasteiger partial charge in [-0.25, -0.2) is 0 Å². The number of hydrogen-bond acceptors (Lipinski definition) is 8. The third-order valence-corrected chi connectivity index (χ3v) is 6.33. The number of anilines is 2. The van der Waals surface area contributed by atoms with Crippen molar-refractivity contribution in [1.82, 2.24) is 13.6 Å². The van der Waals surface area contributed by atoms with E-state index in [4.69, 9.17) is 5.73 Å². The quantitative estimate of drug-likeness (QED) is 0.549. The van der Waals surface area contributed by atoms with Gasteiger partial charge in [-0.15, -0.1) is 11.3 Å². The molecule has 148 valence electrons. The second-order valence-corrected chi connectivity index (χ2v) is 7.77. The van der Waals surface area contributed by atoms with Crippen LogP contribution in [0.1, 0.15) is 27.7 Å². The molecule has 2 aromatic heterocycles. The summed E-state index contributed by atoms with van der Waals surface area (Å²) in [4.78, 5) is 25.3. The number of carbonyl (C=O) groups excluding carboxylic acids is 2. The Hall–Kier alpha value is -2.56. The van der Waals surface area contributed by atoms with E-state index in [2.05, 4.69) is 31.2 Å². The lowest BCUT2D eigenvalue weighted by Gasteiger charge is -2.25. The van der Waals surface area contributed by atoms with Crippen LogP contribution < -0.4 is 16.4 Å². The molecule has 1 aliphatic heterocycles. The van der Waals surface area contributed by atoms with Crippen LogP contribution in [-0.4, -0.2) is 46.1 Å². The van der Waals surface area contributed by atoms with Gasteiger partial charge in [0.1, 0.15) is 16.0 Å². The standard InChI is InChI=1S/C11H17N3OS.C7H5N3OS/c1-3-14-5-4-7-8(6-14)16-11(13-2)9(7)10(12)15;11-4-8-5-2-1-3-6-7(5)10-12-9-6/h13H,3-6H2,1-2H3,(H2,12,15);1-4H,(H,8,11). The number of hydrogen-bond donors (Lipinski definition) is 3. The van der Waals surface area contributed by atoms with Gasteiger partial charge in [0, 0.05) is 25.0 Å². The fraction of sp³-hybridized carbons (Fsp3) is 0.333. The summed E-state index contributed by atoms with van der Waals surface area (Å²) >= 11 is 2.79. The molecule has 0 aliphatic carbocycles. The number of rotatable bonds is 5. The van der Waals surface area contributed by atoms with Crippen LogP contribution in [-0.2, 0) is 17.8 Å². The average Bonchev–Trinajstić information content (AvgIpc) is 3.32. The van der Waals surface area contributed by atoms with E-state index >= 15 is 0 Å². The van der Waals surface area contributed by atoms with Crippen molar-refractivity contribution < 1.29 is 9.59 Å². The van der Waals surface area contributed by atoms with Crippen LogP contribution in [0.15, 0.2) is 18.2 Å². The molecule has 0 saturated heterocycles. The number of thiophene rings is 1. The predicted octanol–water partition coefficient (Wildman–Crippen LogP) is 2.53. The first-order valence-electron chi connectivity index (χ1n) is 8.84. The molecular weight excluding hydrogens is 396 g/mol. The summed E-state index contributed by atoms with van der Waals surface area (Å²) in [7, 11) is 1.83. The Bertz CT molecular complexity index is 984. The minimum atomic E-state index is -0.313. The number of primary amides is 1. The van der Waals surface area contributed by atoms with Gasteiger partial charge in [0.25, 0.3) is 5.91 Å². The third-order valence-electron chi connectivity index (χ3n) is 4.56. The van der Waals surface area contributed by atoms with E-state index in [0.29, 0.717) is 17.7 Å². The number of nitrogens with one attached hydrogen (secondary N) is 2. The summed E-state index contributed by atoms with van der Waals surface area (Å²) in [5, 5.41) is 6.54. The van der Waals surface area contributed by atoms with Gasteiger partial charge in [0.15, 0.2) is 0 Å². The lowest BCUT2D eigenvalue weighted by Crippen LogP contribution is -2.30. The van der Waals surface area contributed by atoms with Crippen molar-refractivity contribution >= 4 is 57.1 Å². The summed E-state index contributed by atoms with van der Waals surface area (Å²) < 4.78 is 8.08. The molecule has 1 aromatic carbocycles. The number of benzene rings is 1. The van der Waals surface area contributed by atoms with Gasteiger partial charge in [0.2, 0.25) is 6.41 Å². The summed E-state index contributed by atoms with van der Waals surface area (Å²) in [6.07, 6.45) is 1.56. The second-order valence-electron chi connectivity index (χ2n) is 6.14. The van der Waals surface area contributed by atoms with Gasteiger partial charge in [-0.2, -0.15) is 8.75 Å². The molecule has 3 heterocycles. The minimum absolute atomic E-state index is 0.313. The number of fused-ring (bicyclic) bond motifs is 2. The van der Waals surface area contributed by atoms with Gasteiger partial charge >= 0.3 is 0 Å². The summed E-state index contributed by atoms with van der Waals surface area (Å²) in [5.74, 6) is -0.313. The van der Waals surface area contributed by atoms with E-state index in [1.165, 1.54) is 4.88 Å². The van der Waals surface area contributed by atoms with E-state index in [0.717, 1.165) is 59.4 Å². The highest BCUT2D eigenvalue weighted by Gasteiger charge is 2.25. The maximum atomic E-state index is 11.4. The highest BCUT2D eigenvalue weighted by molar-refractivity contribution is 7.16. The van der Waals surface area contributed by atoms with Crippen molar-refractivity contribution in [2.45, 2.75) is 19.9 Å². The molecule has 0 saturated carbocycles. The number of amides is 2. The maximum absolute atomic E-state index is 11.4. The Labute approximate surface area is 171 Å². The molecule has 0 bridgehead atoms. The molecule has 4 rings (SSSR count). The smallest absolute Gasteiger partial charge is 0.251 e. The lowest BCUT2D eigenvalue weighted by molar-refractivity contribution is -0.105. The van der Waals surface area contributed by atoms with Gasteiger partial charge in [-0.3, -0.25) is 14.5 Å². The van der Waals surface area contributed by atoms with Crippen LogP contribution in [0.4, 0.5) is 10.7 Å². The third kappa shape index (κ3) is 4.13. The molecule has 0 spiro atoms. The molecule has 1 aliphatic rings. The average molecular weight is 419 g/mol. The van der Waals surface area contributed by atoms with Gasteiger partial charge < -0.3 is 16.4 Å². The summed E-state index contributed by atoms with van der Waals surface area (Å²) in [6, 6.07) is 5.47. The number of nitrogens with zero attached hydrogens (tertiary/aromatic N) is 3. The van der Waals surface area contributed by atoms with Gasteiger partial charge in [-0.1, -0.05) is 13.0 Å². The van der Waals surface area contributed by atoms with Crippen molar-refractivity contribution in [2.75, 3.05) is 30.8 Å². The van der Waals surface area contributed by atoms with Gasteiger partial charge in [-0.05, 0) is 30.7 Å². The van der Waals surface area contributed by atoms with E-state index in [9.17, 15) is 9.59 Å². The molecule has 8 nitrogen and oxygen atoms in total. The summed E-state index contributed by atoms with van der Waals surface area (Å²) in [5.41, 5.74) is 9.57. The predicted molar refractivity (Wildman–Crippen MR) is 114 cm³/mol. The number of aromatic nitrogens is 2. The van der Waals surface area contributed by atoms with Crippen LogP contribution in [0.5, 0.6) is 0 Å². The van der Waals surface area contributed by atoms with Crippen LogP contribution in [0, 0.1) is 0 Å². The van der Waals surface area contributed by atoms with Crippen LogP contribution in [0.2, 0.25) is 0 Å². The van der Waals surface area contributed by atoms with E-state index in [-0.39, 0.29) is 5.91 Å². The topological polar surface area (TPSA) is 113 Å². The maximum Gasteiger partial charge on any atom is 0.251 e. The minimum Gasteiger partial charge on any atom is -0.379 e. The fourth-order valence-corrected chi connectivity index (χ4v) is 4.95. The Kier molecular flexibility index (Phi) is 6.55. The van der Waals surface area contributed by atoms with Crippen molar-refractivity contribution in [1.29, 1.82) is 0 Å². The molecule has 0 unspecified atom stereocenters. The normalized spacial score (nSPS) is 13.4. The van der Waals surface area contributed by atoms with Crippen LogP contribution >= 0.6 is 23.1 Å². The first-order valence-corrected chi connectivity index (χ1v) is 10.4. The molecule has 0 radical (unpaired) electrons. The van der Waals surface area contributed by atoms with Crippen molar-refractivity contribution in [2.24, 2.45) is 5.73 Å². The monoisotopic (exact) mass is 418 g/mol. The molecule has 4 N–H and O–H groups in total. The number of likely N-dealkylation sites (N-methyl/N-ethyl adjacent to an activating group) is 1. The SMILES string of the molecule is CCN1CCc2c(sc(NC)c2C(N)=O)C1.O=CNc1cccc2nsnc12. The molecule has 0 atom stereocenters. The molecule has 3 aromatic rings. The van der Waals surface area contributed by atoms with E-state index in [1.807, 2.05) is 19.2 Å². The number of nitrogens with two attached hydrogens (primary N) is 1. The zero-order chi connectivity index (χ0) is 20.1. The first kappa shape index (κ1) is 20.2. The van der Waals surface area contributed by atoms with Crippen molar-refractivity contribution in [3.8, 4) is 0 Å².